The molecule has 0 unspecified atom stereocenters. The Labute approximate surface area is 189 Å². The van der Waals surface area contributed by atoms with Crippen LogP contribution in [0.3, 0.4) is 0 Å². The summed E-state index contributed by atoms with van der Waals surface area (Å²) in [6.45, 7) is -0.401. The molecule has 0 aliphatic heterocycles. The number of carbonyl (C=O) groups excluding carboxylic acids is 1. The summed E-state index contributed by atoms with van der Waals surface area (Å²) in [6, 6.07) is 9.60. The molecule has 4 aromatic rings. The summed E-state index contributed by atoms with van der Waals surface area (Å²) in [6.07, 6.45) is -3.05. The molecule has 0 fully saturated rings. The van der Waals surface area contributed by atoms with Gasteiger partial charge in [-0.3, -0.25) is 4.57 Å². The van der Waals surface area contributed by atoms with Crippen molar-refractivity contribution in [1.29, 1.82) is 0 Å². The Bertz CT molecular complexity index is 1330. The number of ether oxygens (including phenoxy) is 3. The van der Waals surface area contributed by atoms with Crippen molar-refractivity contribution >= 4 is 28.3 Å². The first-order valence-electron chi connectivity index (χ1n) is 9.47. The number of aromatic nitrogens is 2. The molecule has 33 heavy (non-hydrogen) atoms. The van der Waals surface area contributed by atoms with E-state index in [0.29, 0.717) is 16.0 Å². The summed E-state index contributed by atoms with van der Waals surface area (Å²) in [7, 11) is 2.61. The highest BCUT2D eigenvalue weighted by atomic mass is 32.1. The summed E-state index contributed by atoms with van der Waals surface area (Å²) in [5.41, 5.74) is 0.175. The molecule has 0 spiro atoms. The number of hydrogen-bond acceptors (Lipinski definition) is 7. The Morgan fingerprint density at radius 1 is 1.15 bits per heavy atom. The lowest BCUT2D eigenvalue weighted by Crippen LogP contribution is -2.11. The summed E-state index contributed by atoms with van der Waals surface area (Å²) in [5.74, 6) is -0.463. The number of carbonyl (C=O) groups is 1. The van der Waals surface area contributed by atoms with Crippen LogP contribution in [-0.2, 0) is 17.5 Å². The zero-order valence-electron chi connectivity index (χ0n) is 17.3. The van der Waals surface area contributed by atoms with Gasteiger partial charge in [0, 0.05) is 23.8 Å². The summed E-state index contributed by atoms with van der Waals surface area (Å²) in [4.78, 5) is 16.6. The molecular weight excluding hydrogens is 461 g/mol. The van der Waals surface area contributed by atoms with Gasteiger partial charge in [-0.25, -0.2) is 9.78 Å². The fourth-order valence-corrected chi connectivity index (χ4v) is 4.27. The Morgan fingerprint density at radius 2 is 1.91 bits per heavy atom. The number of phenols is 1. The van der Waals surface area contributed by atoms with E-state index in [9.17, 15) is 23.1 Å². The fourth-order valence-electron chi connectivity index (χ4n) is 3.27. The van der Waals surface area contributed by atoms with Gasteiger partial charge in [0.2, 0.25) is 0 Å². The summed E-state index contributed by atoms with van der Waals surface area (Å²) >= 11 is 1.03. The highest BCUT2D eigenvalue weighted by Gasteiger charge is 2.33. The maximum absolute atomic E-state index is 13.3. The number of imidazole rings is 1. The summed E-state index contributed by atoms with van der Waals surface area (Å²) in [5, 5.41) is 10.5. The zero-order chi connectivity index (χ0) is 23.8. The zero-order valence-corrected chi connectivity index (χ0v) is 18.2. The molecule has 0 bridgehead atoms. The van der Waals surface area contributed by atoms with E-state index in [-0.39, 0.29) is 27.7 Å². The van der Waals surface area contributed by atoms with E-state index in [2.05, 4.69) is 4.98 Å². The van der Waals surface area contributed by atoms with Crippen molar-refractivity contribution in [2.45, 2.75) is 12.8 Å². The molecule has 1 N–H and O–H groups in total. The second kappa shape index (κ2) is 8.66. The van der Waals surface area contributed by atoms with Crippen LogP contribution < -0.4 is 9.47 Å². The third-order valence-electron chi connectivity index (χ3n) is 4.85. The van der Waals surface area contributed by atoms with Gasteiger partial charge >= 0.3 is 12.1 Å². The van der Waals surface area contributed by atoms with Gasteiger partial charge in [0.1, 0.15) is 23.7 Å². The average molecular weight is 478 g/mol. The number of alkyl halides is 3. The quantitative estimate of drug-likeness (QED) is 0.384. The first-order chi connectivity index (χ1) is 15.7. The Balaban J connectivity index is 1.73. The number of hydrogen-bond donors (Lipinski definition) is 1. The standard InChI is InChI=1S/C22H17F3N2O5S/c1-30-17-8-15-14(7-16(17)28)26-11-27(15)19-9-18(20(33-19)21(29)31-2)32-10-12-5-3-4-6-13(12)22(23,24)25/h3-9,11,28H,10H2,1-2H3. The van der Waals surface area contributed by atoms with Crippen molar-refractivity contribution < 1.29 is 37.3 Å². The molecule has 0 aliphatic rings. The van der Waals surface area contributed by atoms with Crippen molar-refractivity contribution in [3.63, 3.8) is 0 Å². The van der Waals surface area contributed by atoms with Gasteiger partial charge in [-0.2, -0.15) is 13.2 Å². The topological polar surface area (TPSA) is 82.8 Å². The fraction of sp³-hybridized carbons (Fsp3) is 0.182. The second-order valence-electron chi connectivity index (χ2n) is 6.84. The van der Waals surface area contributed by atoms with E-state index in [1.807, 2.05) is 0 Å². The van der Waals surface area contributed by atoms with Crippen LogP contribution >= 0.6 is 11.3 Å². The van der Waals surface area contributed by atoms with Crippen LogP contribution in [0, 0.1) is 0 Å². The number of thiophene rings is 1. The van der Waals surface area contributed by atoms with Crippen LogP contribution in [-0.4, -0.2) is 34.8 Å². The minimum atomic E-state index is -4.54. The molecule has 0 saturated carbocycles. The smallest absolute Gasteiger partial charge is 0.416 e. The maximum Gasteiger partial charge on any atom is 0.416 e. The molecule has 0 aliphatic carbocycles. The highest BCUT2D eigenvalue weighted by Crippen LogP contribution is 2.38. The largest absolute Gasteiger partial charge is 0.504 e. The molecule has 0 radical (unpaired) electrons. The van der Waals surface area contributed by atoms with Crippen LogP contribution in [0.1, 0.15) is 20.8 Å². The lowest BCUT2D eigenvalue weighted by molar-refractivity contribution is -0.138. The van der Waals surface area contributed by atoms with E-state index in [1.54, 1.807) is 10.6 Å². The maximum atomic E-state index is 13.3. The molecule has 2 aromatic carbocycles. The number of rotatable bonds is 6. The molecule has 7 nitrogen and oxygen atoms in total. The van der Waals surface area contributed by atoms with Crippen molar-refractivity contribution in [3.05, 3.63) is 64.8 Å². The van der Waals surface area contributed by atoms with Gasteiger partial charge in [-0.1, -0.05) is 18.2 Å². The lowest BCUT2D eigenvalue weighted by atomic mass is 10.1. The Hall–Kier alpha value is -3.73. The van der Waals surface area contributed by atoms with Crippen molar-refractivity contribution in [2.75, 3.05) is 14.2 Å². The van der Waals surface area contributed by atoms with Gasteiger partial charge < -0.3 is 19.3 Å². The highest BCUT2D eigenvalue weighted by molar-refractivity contribution is 7.16. The molecule has 172 valence electrons. The average Bonchev–Trinajstić information content (AvgIpc) is 3.39. The molecular formula is C22H17F3N2O5S. The molecule has 0 saturated heterocycles. The molecule has 4 rings (SSSR count). The molecule has 2 aromatic heterocycles. The van der Waals surface area contributed by atoms with E-state index in [1.165, 1.54) is 50.9 Å². The number of fused-ring (bicyclic) bond motifs is 1. The molecule has 2 heterocycles. The molecule has 0 amide bonds. The third-order valence-corrected chi connectivity index (χ3v) is 5.94. The van der Waals surface area contributed by atoms with E-state index >= 15 is 0 Å². The number of phenolic OH excluding ortho intramolecular Hbond substituents is 1. The van der Waals surface area contributed by atoms with Gasteiger partial charge in [0.15, 0.2) is 16.4 Å². The Kier molecular flexibility index (Phi) is 5.90. The van der Waals surface area contributed by atoms with Gasteiger partial charge in [-0.15, -0.1) is 11.3 Å². The first kappa shape index (κ1) is 22.5. The van der Waals surface area contributed by atoms with Crippen molar-refractivity contribution in [1.82, 2.24) is 9.55 Å². The normalized spacial score (nSPS) is 11.5. The van der Waals surface area contributed by atoms with E-state index in [0.717, 1.165) is 17.4 Å². The number of esters is 1. The van der Waals surface area contributed by atoms with Crippen LogP contribution in [0.15, 0.2) is 48.8 Å². The van der Waals surface area contributed by atoms with Crippen LogP contribution in [0.4, 0.5) is 13.2 Å². The monoisotopic (exact) mass is 478 g/mol. The van der Waals surface area contributed by atoms with Gasteiger partial charge in [0.25, 0.3) is 0 Å². The van der Waals surface area contributed by atoms with Gasteiger partial charge in [-0.05, 0) is 6.07 Å². The van der Waals surface area contributed by atoms with E-state index < -0.39 is 24.3 Å². The van der Waals surface area contributed by atoms with Crippen LogP contribution in [0.25, 0.3) is 16.0 Å². The second-order valence-corrected chi connectivity index (χ2v) is 7.87. The number of methoxy groups -OCH3 is 2. The van der Waals surface area contributed by atoms with Gasteiger partial charge in [0.05, 0.1) is 30.8 Å². The SMILES string of the molecule is COC(=O)c1sc(-n2cnc3cc(O)c(OC)cc32)cc1OCc1ccccc1C(F)(F)F. The summed E-state index contributed by atoms with van der Waals surface area (Å²) < 4.78 is 57.1. The van der Waals surface area contributed by atoms with Crippen molar-refractivity contribution in [2.24, 2.45) is 0 Å². The van der Waals surface area contributed by atoms with E-state index in [4.69, 9.17) is 14.2 Å². The van der Waals surface area contributed by atoms with Crippen LogP contribution in [0.2, 0.25) is 0 Å². The predicted molar refractivity (Wildman–Crippen MR) is 114 cm³/mol. The number of halogens is 3. The minimum absolute atomic E-state index is 0.0677. The number of nitrogens with zero attached hydrogens (tertiary/aromatic N) is 2. The third kappa shape index (κ3) is 4.31. The number of aromatic hydroxyl groups is 1. The predicted octanol–water partition coefficient (Wildman–Crippen LogP) is 5.19. The Morgan fingerprint density at radius 3 is 2.61 bits per heavy atom. The minimum Gasteiger partial charge on any atom is -0.504 e. The molecule has 11 heteroatoms. The first-order valence-corrected chi connectivity index (χ1v) is 10.3. The van der Waals surface area contributed by atoms with Crippen molar-refractivity contribution in [3.8, 4) is 22.2 Å². The number of benzene rings is 2. The lowest BCUT2D eigenvalue weighted by Gasteiger charge is -2.13. The van der Waals surface area contributed by atoms with Crippen LogP contribution in [0.5, 0.6) is 17.2 Å². The molecule has 0 atom stereocenters.